The largest absolute Gasteiger partial charge is 0.354 e. The summed E-state index contributed by atoms with van der Waals surface area (Å²) in [7, 11) is 0. The van der Waals surface area contributed by atoms with Crippen molar-refractivity contribution in [1.29, 1.82) is 0 Å². The van der Waals surface area contributed by atoms with Crippen molar-refractivity contribution in [3.05, 3.63) is 48.0 Å². The zero-order chi connectivity index (χ0) is 15.1. The molecule has 0 atom stereocenters. The van der Waals surface area contributed by atoms with E-state index in [2.05, 4.69) is 27.5 Å². The number of carbonyl (C=O) groups is 1. The summed E-state index contributed by atoms with van der Waals surface area (Å²) < 4.78 is 13.1. The molecule has 110 valence electrons. The second kappa shape index (κ2) is 7.33. The van der Waals surface area contributed by atoms with Crippen LogP contribution in [-0.4, -0.2) is 22.4 Å². The second-order valence-electron chi connectivity index (χ2n) is 4.51. The Balaban J connectivity index is 2.03. The van der Waals surface area contributed by atoms with Gasteiger partial charge in [-0.3, -0.25) is 4.79 Å². The molecule has 0 bridgehead atoms. The number of anilines is 2. The number of rotatable bonds is 6. The minimum Gasteiger partial charge on any atom is -0.354 e. The number of aromatic nitrogens is 2. The van der Waals surface area contributed by atoms with Gasteiger partial charge in [0.2, 0.25) is 5.95 Å². The maximum atomic E-state index is 13.1. The normalized spacial score (nSPS) is 10.2. The molecule has 0 fully saturated rings. The van der Waals surface area contributed by atoms with Crippen LogP contribution >= 0.6 is 0 Å². The van der Waals surface area contributed by atoms with Gasteiger partial charge in [0, 0.05) is 18.4 Å². The topological polar surface area (TPSA) is 66.9 Å². The number of amides is 1. The van der Waals surface area contributed by atoms with Crippen LogP contribution in [0.25, 0.3) is 0 Å². The van der Waals surface area contributed by atoms with Gasteiger partial charge in [0.25, 0.3) is 5.91 Å². The van der Waals surface area contributed by atoms with Gasteiger partial charge in [-0.15, -0.1) is 0 Å². The lowest BCUT2D eigenvalue weighted by molar-refractivity contribution is 0.102. The van der Waals surface area contributed by atoms with E-state index in [1.54, 1.807) is 6.07 Å². The highest BCUT2D eigenvalue weighted by molar-refractivity contribution is 6.02. The van der Waals surface area contributed by atoms with Crippen LogP contribution in [0.5, 0.6) is 0 Å². The van der Waals surface area contributed by atoms with Crippen LogP contribution in [0.3, 0.4) is 0 Å². The van der Waals surface area contributed by atoms with Crippen molar-refractivity contribution in [3.8, 4) is 0 Å². The molecule has 0 aliphatic rings. The van der Waals surface area contributed by atoms with Crippen LogP contribution in [0, 0.1) is 5.82 Å². The molecule has 2 rings (SSSR count). The van der Waals surface area contributed by atoms with Crippen molar-refractivity contribution in [1.82, 2.24) is 9.97 Å². The van der Waals surface area contributed by atoms with Gasteiger partial charge in [0.1, 0.15) is 11.5 Å². The van der Waals surface area contributed by atoms with E-state index in [0.29, 0.717) is 11.6 Å². The number of hydrogen-bond donors (Lipinski definition) is 2. The number of halogens is 1. The molecule has 2 aromatic rings. The van der Waals surface area contributed by atoms with E-state index in [1.807, 2.05) is 0 Å². The molecule has 6 heteroatoms. The first-order chi connectivity index (χ1) is 10.2. The summed E-state index contributed by atoms with van der Waals surface area (Å²) >= 11 is 0. The molecule has 0 unspecified atom stereocenters. The molecule has 0 radical (unpaired) electrons. The molecule has 1 amide bonds. The average molecular weight is 288 g/mol. The van der Waals surface area contributed by atoms with Crippen LogP contribution < -0.4 is 10.6 Å². The van der Waals surface area contributed by atoms with E-state index >= 15 is 0 Å². The highest BCUT2D eigenvalue weighted by atomic mass is 19.1. The number of carbonyl (C=O) groups excluding carboxylic acids is 1. The lowest BCUT2D eigenvalue weighted by Crippen LogP contribution is -2.15. The minimum atomic E-state index is -0.405. The molecule has 0 aliphatic heterocycles. The van der Waals surface area contributed by atoms with Crippen LogP contribution in [0.2, 0.25) is 0 Å². The fourth-order valence-corrected chi connectivity index (χ4v) is 1.71. The fourth-order valence-electron chi connectivity index (χ4n) is 1.71. The predicted molar refractivity (Wildman–Crippen MR) is 79.8 cm³/mol. The smallest absolute Gasteiger partial charge is 0.274 e. The maximum Gasteiger partial charge on any atom is 0.274 e. The lowest BCUT2D eigenvalue weighted by Gasteiger charge is -2.07. The minimum absolute atomic E-state index is 0.230. The van der Waals surface area contributed by atoms with Crippen molar-refractivity contribution in [3.63, 3.8) is 0 Å². The van der Waals surface area contributed by atoms with Gasteiger partial charge in [-0.2, -0.15) is 0 Å². The predicted octanol–water partition coefficient (Wildman–Crippen LogP) is 3.08. The third kappa shape index (κ3) is 4.52. The number of nitrogens with zero attached hydrogens (tertiary/aromatic N) is 2. The van der Waals surface area contributed by atoms with Crippen molar-refractivity contribution in [2.45, 2.75) is 19.8 Å². The van der Waals surface area contributed by atoms with Crippen LogP contribution in [-0.2, 0) is 0 Å². The Hall–Kier alpha value is -2.50. The number of nitrogens with one attached hydrogen (secondary N) is 2. The molecule has 21 heavy (non-hydrogen) atoms. The Morgan fingerprint density at radius 2 is 2.19 bits per heavy atom. The van der Waals surface area contributed by atoms with E-state index in [1.165, 1.54) is 30.5 Å². The van der Waals surface area contributed by atoms with Crippen LogP contribution in [0.15, 0.2) is 36.5 Å². The zero-order valence-electron chi connectivity index (χ0n) is 11.8. The number of unbranched alkanes of at least 4 members (excludes halogenated alkanes) is 1. The SMILES string of the molecule is CCCCNc1nccc(C(=O)Nc2cccc(F)c2)n1. The Labute approximate surface area is 122 Å². The Kier molecular flexibility index (Phi) is 5.20. The summed E-state index contributed by atoms with van der Waals surface area (Å²) in [6, 6.07) is 7.22. The first-order valence-electron chi connectivity index (χ1n) is 6.83. The molecular formula is C15H17FN4O. The summed E-state index contributed by atoms with van der Waals surface area (Å²) in [6.45, 7) is 2.84. The molecule has 0 saturated carbocycles. The maximum absolute atomic E-state index is 13.1. The van der Waals surface area contributed by atoms with Gasteiger partial charge in [-0.25, -0.2) is 14.4 Å². The second-order valence-corrected chi connectivity index (χ2v) is 4.51. The van der Waals surface area contributed by atoms with Crippen molar-refractivity contribution < 1.29 is 9.18 Å². The quantitative estimate of drug-likeness (QED) is 0.802. The highest BCUT2D eigenvalue weighted by Gasteiger charge is 2.09. The molecule has 1 aromatic heterocycles. The van der Waals surface area contributed by atoms with Gasteiger partial charge in [-0.05, 0) is 30.7 Å². The third-order valence-electron chi connectivity index (χ3n) is 2.78. The highest BCUT2D eigenvalue weighted by Crippen LogP contribution is 2.11. The monoisotopic (exact) mass is 288 g/mol. The van der Waals surface area contributed by atoms with Crippen LogP contribution in [0.4, 0.5) is 16.0 Å². The lowest BCUT2D eigenvalue weighted by atomic mass is 10.3. The average Bonchev–Trinajstić information content (AvgIpc) is 2.48. The Morgan fingerprint density at radius 3 is 2.95 bits per heavy atom. The fraction of sp³-hybridized carbons (Fsp3) is 0.267. The number of benzene rings is 1. The zero-order valence-corrected chi connectivity index (χ0v) is 11.8. The van der Waals surface area contributed by atoms with E-state index in [9.17, 15) is 9.18 Å². The van der Waals surface area contributed by atoms with Crippen LogP contribution in [0.1, 0.15) is 30.3 Å². The molecule has 1 aromatic carbocycles. The standard InChI is InChI=1S/C15H17FN4O/c1-2-3-8-17-15-18-9-7-13(20-15)14(21)19-12-6-4-5-11(16)10-12/h4-7,9-10H,2-3,8H2,1H3,(H,19,21)(H,17,18,20). The first kappa shape index (κ1) is 14.9. The molecular weight excluding hydrogens is 271 g/mol. The van der Waals surface area contributed by atoms with Gasteiger partial charge >= 0.3 is 0 Å². The third-order valence-corrected chi connectivity index (χ3v) is 2.78. The number of hydrogen-bond acceptors (Lipinski definition) is 4. The molecule has 0 saturated heterocycles. The Morgan fingerprint density at radius 1 is 1.33 bits per heavy atom. The molecule has 0 aliphatic carbocycles. The van der Waals surface area contributed by atoms with E-state index in [-0.39, 0.29) is 5.69 Å². The van der Waals surface area contributed by atoms with E-state index in [4.69, 9.17) is 0 Å². The summed E-state index contributed by atoms with van der Waals surface area (Å²) in [6.07, 6.45) is 3.58. The Bertz CT molecular complexity index is 618. The van der Waals surface area contributed by atoms with Gasteiger partial charge in [0.15, 0.2) is 0 Å². The molecule has 2 N–H and O–H groups in total. The van der Waals surface area contributed by atoms with Gasteiger partial charge in [-0.1, -0.05) is 19.4 Å². The first-order valence-corrected chi connectivity index (χ1v) is 6.83. The van der Waals surface area contributed by atoms with Gasteiger partial charge in [0.05, 0.1) is 0 Å². The van der Waals surface area contributed by atoms with Gasteiger partial charge < -0.3 is 10.6 Å². The van der Waals surface area contributed by atoms with E-state index < -0.39 is 11.7 Å². The summed E-state index contributed by atoms with van der Waals surface area (Å²) in [4.78, 5) is 20.2. The molecule has 1 heterocycles. The summed E-state index contributed by atoms with van der Waals surface area (Å²) in [5.74, 6) is -0.394. The molecule has 5 nitrogen and oxygen atoms in total. The summed E-state index contributed by atoms with van der Waals surface area (Å²) in [5, 5.41) is 5.65. The summed E-state index contributed by atoms with van der Waals surface area (Å²) in [5.41, 5.74) is 0.618. The van der Waals surface area contributed by atoms with Crippen molar-refractivity contribution in [2.24, 2.45) is 0 Å². The van der Waals surface area contributed by atoms with E-state index in [0.717, 1.165) is 19.4 Å². The van der Waals surface area contributed by atoms with Crippen molar-refractivity contribution >= 4 is 17.5 Å². The van der Waals surface area contributed by atoms with Crippen molar-refractivity contribution in [2.75, 3.05) is 17.2 Å². The molecule has 0 spiro atoms.